The lowest BCUT2D eigenvalue weighted by molar-refractivity contribution is -0.136. The SMILES string of the molecule is Cl.FC(F)(F)c1ccc(NC2CCNCC2)c2cccnc12. The summed E-state index contributed by atoms with van der Waals surface area (Å²) in [7, 11) is 0. The van der Waals surface area contributed by atoms with Crippen LogP contribution in [0, 0.1) is 0 Å². The fourth-order valence-corrected chi connectivity index (χ4v) is 2.71. The van der Waals surface area contributed by atoms with E-state index in [1.54, 1.807) is 12.1 Å². The van der Waals surface area contributed by atoms with E-state index in [1.807, 2.05) is 0 Å². The van der Waals surface area contributed by atoms with Crippen LogP contribution in [-0.4, -0.2) is 24.1 Å². The Labute approximate surface area is 132 Å². The molecule has 1 aliphatic rings. The molecule has 0 atom stereocenters. The Morgan fingerprint density at radius 2 is 1.86 bits per heavy atom. The number of aromatic nitrogens is 1. The van der Waals surface area contributed by atoms with Crippen molar-refractivity contribution >= 4 is 29.0 Å². The Hall–Kier alpha value is -1.53. The van der Waals surface area contributed by atoms with Crippen LogP contribution in [0.15, 0.2) is 30.5 Å². The van der Waals surface area contributed by atoms with Gasteiger partial charge < -0.3 is 10.6 Å². The number of benzene rings is 1. The number of hydrogen-bond acceptors (Lipinski definition) is 3. The van der Waals surface area contributed by atoms with E-state index < -0.39 is 11.7 Å². The number of halogens is 4. The number of nitrogens with one attached hydrogen (secondary N) is 2. The van der Waals surface area contributed by atoms with Crippen molar-refractivity contribution in [3.8, 4) is 0 Å². The second kappa shape index (κ2) is 6.71. The van der Waals surface area contributed by atoms with Crippen LogP contribution in [0.2, 0.25) is 0 Å². The van der Waals surface area contributed by atoms with Gasteiger partial charge in [0.1, 0.15) is 0 Å². The van der Waals surface area contributed by atoms with Crippen molar-refractivity contribution in [2.75, 3.05) is 18.4 Å². The summed E-state index contributed by atoms with van der Waals surface area (Å²) in [6, 6.07) is 6.25. The number of anilines is 1. The highest BCUT2D eigenvalue weighted by molar-refractivity contribution is 5.93. The monoisotopic (exact) mass is 331 g/mol. The van der Waals surface area contributed by atoms with Crippen LogP contribution in [0.3, 0.4) is 0 Å². The van der Waals surface area contributed by atoms with E-state index in [0.29, 0.717) is 5.39 Å². The Morgan fingerprint density at radius 1 is 1.14 bits per heavy atom. The van der Waals surface area contributed by atoms with Crippen molar-refractivity contribution in [3.63, 3.8) is 0 Å². The number of nitrogens with zero attached hydrogens (tertiary/aromatic N) is 1. The molecule has 7 heteroatoms. The van der Waals surface area contributed by atoms with Crippen molar-refractivity contribution in [1.29, 1.82) is 0 Å². The molecule has 22 heavy (non-hydrogen) atoms. The molecule has 1 aromatic carbocycles. The lowest BCUT2D eigenvalue weighted by Gasteiger charge is -2.25. The molecule has 1 aromatic heterocycles. The average Bonchev–Trinajstić information content (AvgIpc) is 2.47. The maximum absolute atomic E-state index is 13.0. The molecule has 2 aromatic rings. The van der Waals surface area contributed by atoms with Gasteiger partial charge in [-0.2, -0.15) is 13.2 Å². The highest BCUT2D eigenvalue weighted by Gasteiger charge is 2.33. The maximum atomic E-state index is 13.0. The molecule has 3 rings (SSSR count). The number of piperidine rings is 1. The van der Waals surface area contributed by atoms with E-state index in [-0.39, 0.29) is 24.0 Å². The largest absolute Gasteiger partial charge is 0.418 e. The van der Waals surface area contributed by atoms with Gasteiger partial charge in [-0.25, -0.2) is 0 Å². The van der Waals surface area contributed by atoms with Gasteiger partial charge in [-0.1, -0.05) is 0 Å². The predicted octanol–water partition coefficient (Wildman–Crippen LogP) is 3.84. The van der Waals surface area contributed by atoms with E-state index in [4.69, 9.17) is 0 Å². The first-order valence-electron chi connectivity index (χ1n) is 6.98. The molecule has 0 saturated carbocycles. The Bertz CT molecular complexity index is 639. The molecule has 2 heterocycles. The standard InChI is InChI=1S/C15H16F3N3.ClH/c16-15(17,18)12-3-4-13(11-2-1-7-20-14(11)12)21-10-5-8-19-9-6-10;/h1-4,7,10,19,21H,5-6,8-9H2;1H. The van der Waals surface area contributed by atoms with Gasteiger partial charge in [0.2, 0.25) is 0 Å². The summed E-state index contributed by atoms with van der Waals surface area (Å²) >= 11 is 0. The minimum atomic E-state index is -4.39. The molecule has 1 saturated heterocycles. The maximum Gasteiger partial charge on any atom is 0.418 e. The summed E-state index contributed by atoms with van der Waals surface area (Å²) < 4.78 is 39.1. The van der Waals surface area contributed by atoms with Crippen LogP contribution in [0.25, 0.3) is 10.9 Å². The zero-order chi connectivity index (χ0) is 14.9. The van der Waals surface area contributed by atoms with E-state index >= 15 is 0 Å². The first kappa shape index (κ1) is 16.8. The molecule has 0 radical (unpaired) electrons. The zero-order valence-corrected chi connectivity index (χ0v) is 12.6. The highest BCUT2D eigenvalue weighted by Crippen LogP contribution is 2.36. The smallest absolute Gasteiger partial charge is 0.382 e. The van der Waals surface area contributed by atoms with Crippen LogP contribution in [0.5, 0.6) is 0 Å². The number of fused-ring (bicyclic) bond motifs is 1. The Morgan fingerprint density at radius 3 is 2.55 bits per heavy atom. The summed E-state index contributed by atoms with van der Waals surface area (Å²) in [6.07, 6.45) is -1.07. The van der Waals surface area contributed by atoms with Crippen molar-refractivity contribution in [1.82, 2.24) is 10.3 Å². The molecule has 1 fully saturated rings. The summed E-state index contributed by atoms with van der Waals surface area (Å²) in [6.45, 7) is 1.85. The average molecular weight is 332 g/mol. The number of hydrogen-bond donors (Lipinski definition) is 2. The van der Waals surface area contributed by atoms with Gasteiger partial charge in [-0.3, -0.25) is 4.98 Å². The molecular weight excluding hydrogens is 315 g/mol. The van der Waals surface area contributed by atoms with Crippen molar-refractivity contribution in [2.24, 2.45) is 0 Å². The minimum Gasteiger partial charge on any atom is -0.382 e. The van der Waals surface area contributed by atoms with Gasteiger partial charge in [0.05, 0.1) is 11.1 Å². The van der Waals surface area contributed by atoms with Gasteiger partial charge in [0.15, 0.2) is 0 Å². The van der Waals surface area contributed by atoms with E-state index in [9.17, 15) is 13.2 Å². The number of pyridine rings is 1. The molecule has 1 aliphatic heterocycles. The normalized spacial score (nSPS) is 16.3. The Kier molecular flexibility index (Phi) is 5.13. The molecule has 0 aliphatic carbocycles. The molecule has 0 amide bonds. The van der Waals surface area contributed by atoms with Gasteiger partial charge in [-0.05, 0) is 50.2 Å². The van der Waals surface area contributed by atoms with E-state index in [1.165, 1.54) is 12.3 Å². The fraction of sp³-hybridized carbons (Fsp3) is 0.400. The van der Waals surface area contributed by atoms with E-state index in [2.05, 4.69) is 15.6 Å². The van der Waals surface area contributed by atoms with Gasteiger partial charge in [0.25, 0.3) is 0 Å². The second-order valence-electron chi connectivity index (χ2n) is 5.23. The van der Waals surface area contributed by atoms with Crippen LogP contribution in [0.4, 0.5) is 18.9 Å². The third-order valence-corrected chi connectivity index (χ3v) is 3.77. The predicted molar refractivity (Wildman–Crippen MR) is 83.5 cm³/mol. The molecule has 0 spiro atoms. The number of rotatable bonds is 2. The van der Waals surface area contributed by atoms with Gasteiger partial charge in [-0.15, -0.1) is 12.4 Å². The number of alkyl halides is 3. The molecule has 120 valence electrons. The van der Waals surface area contributed by atoms with Crippen LogP contribution < -0.4 is 10.6 Å². The molecule has 3 nitrogen and oxygen atoms in total. The van der Waals surface area contributed by atoms with Gasteiger partial charge in [0, 0.05) is 23.3 Å². The topological polar surface area (TPSA) is 37.0 Å². The lowest BCUT2D eigenvalue weighted by atomic mass is 10.0. The van der Waals surface area contributed by atoms with Crippen molar-refractivity contribution in [2.45, 2.75) is 25.1 Å². The zero-order valence-electron chi connectivity index (χ0n) is 11.8. The minimum absolute atomic E-state index is 0. The van der Waals surface area contributed by atoms with Crippen molar-refractivity contribution < 1.29 is 13.2 Å². The third kappa shape index (κ3) is 3.44. The Balaban J connectivity index is 0.00000176. The second-order valence-corrected chi connectivity index (χ2v) is 5.23. The summed E-state index contributed by atoms with van der Waals surface area (Å²) in [5, 5.41) is 7.14. The van der Waals surface area contributed by atoms with Crippen LogP contribution in [-0.2, 0) is 6.18 Å². The summed E-state index contributed by atoms with van der Waals surface area (Å²) in [4.78, 5) is 3.93. The van der Waals surface area contributed by atoms with Crippen LogP contribution >= 0.6 is 12.4 Å². The summed E-state index contributed by atoms with van der Waals surface area (Å²) in [5.41, 5.74) is 0.0379. The van der Waals surface area contributed by atoms with Crippen LogP contribution in [0.1, 0.15) is 18.4 Å². The first-order chi connectivity index (χ1) is 10.1. The highest BCUT2D eigenvalue weighted by atomic mass is 35.5. The quantitative estimate of drug-likeness (QED) is 0.878. The molecule has 0 bridgehead atoms. The lowest BCUT2D eigenvalue weighted by Crippen LogP contribution is -2.35. The molecular formula is C15H17ClF3N3. The first-order valence-corrected chi connectivity index (χ1v) is 6.98. The summed E-state index contributed by atoms with van der Waals surface area (Å²) in [5.74, 6) is 0. The molecule has 0 unspecified atom stereocenters. The third-order valence-electron chi connectivity index (χ3n) is 3.77. The fourth-order valence-electron chi connectivity index (χ4n) is 2.71. The van der Waals surface area contributed by atoms with Gasteiger partial charge >= 0.3 is 6.18 Å². The molecule has 2 N–H and O–H groups in total. The van der Waals surface area contributed by atoms with E-state index in [0.717, 1.165) is 37.7 Å². The van der Waals surface area contributed by atoms with Crippen molar-refractivity contribution in [3.05, 3.63) is 36.0 Å².